The van der Waals surface area contributed by atoms with Gasteiger partial charge in [-0.25, -0.2) is 4.99 Å². The second-order valence-corrected chi connectivity index (χ2v) is 10.1. The largest absolute Gasteiger partial charge is 0.307 e. The average molecular weight is 463 g/mol. The zero-order valence-electron chi connectivity index (χ0n) is 22.7. The summed E-state index contributed by atoms with van der Waals surface area (Å²) in [6.07, 6.45) is 27.7. The van der Waals surface area contributed by atoms with E-state index in [1.54, 1.807) is 6.92 Å². The molecule has 1 N–H and O–H groups in total. The molecule has 0 bridgehead atoms. The Morgan fingerprint density at radius 3 is 1.91 bits per heavy atom. The molecule has 2 unspecified atom stereocenters. The first-order valence-electron chi connectivity index (χ1n) is 14.4. The van der Waals surface area contributed by atoms with Gasteiger partial charge in [0.25, 0.3) is 0 Å². The molecule has 4 nitrogen and oxygen atoms in total. The number of hydrogen-bond acceptors (Lipinski definition) is 2. The van der Waals surface area contributed by atoms with Crippen LogP contribution in [0.2, 0.25) is 0 Å². The topological polar surface area (TPSA) is 41.5 Å². The first-order valence-corrected chi connectivity index (χ1v) is 14.4. The Balaban J connectivity index is 1.97. The summed E-state index contributed by atoms with van der Waals surface area (Å²) in [6.45, 7) is 11.2. The van der Waals surface area contributed by atoms with Crippen molar-refractivity contribution in [2.75, 3.05) is 19.6 Å². The molecule has 2 atom stereocenters. The number of rotatable bonds is 21. The van der Waals surface area contributed by atoms with E-state index in [9.17, 15) is 4.79 Å². The fraction of sp³-hybridized carbons (Fsp3) is 0.862. The minimum atomic E-state index is 0.0605. The molecular formula is C29H56N3O+. The molecule has 0 saturated carbocycles. The molecule has 192 valence electrons. The highest BCUT2D eigenvalue weighted by Crippen LogP contribution is 2.23. The highest BCUT2D eigenvalue weighted by Gasteiger charge is 2.41. The number of unbranched alkanes of at least 4 members (excludes halogenated alkanes) is 14. The summed E-state index contributed by atoms with van der Waals surface area (Å²) in [5, 5.41) is 3.12. The normalized spacial score (nSPS) is 19.2. The second kappa shape index (κ2) is 19.2. The number of amides is 1. The number of quaternary nitrogens is 1. The Kier molecular flexibility index (Phi) is 17.4. The van der Waals surface area contributed by atoms with Crippen molar-refractivity contribution in [2.45, 2.75) is 143 Å². The molecule has 1 rings (SSSR count). The summed E-state index contributed by atoms with van der Waals surface area (Å²) < 4.78 is 0.856. The molecule has 0 aromatic carbocycles. The molecule has 4 heteroatoms. The quantitative estimate of drug-likeness (QED) is 0.105. The van der Waals surface area contributed by atoms with Crippen LogP contribution >= 0.6 is 0 Å². The standard InChI is InChI=1S/C29H55N3O/c1-5-7-8-9-10-11-12-13-14-15-16-17-18-19-20-21-22-23-24-29-30-25-26-32(29,6-2)27(3)31-28(4)33/h9-10,27H,5-8,11-26H2,1-4H3/p+1/b10-9+. The van der Waals surface area contributed by atoms with Crippen LogP contribution in [0, 0.1) is 0 Å². The average Bonchev–Trinajstić information content (AvgIpc) is 3.22. The van der Waals surface area contributed by atoms with Crippen molar-refractivity contribution >= 4 is 11.7 Å². The monoisotopic (exact) mass is 462 g/mol. The Morgan fingerprint density at radius 1 is 0.879 bits per heavy atom. The van der Waals surface area contributed by atoms with Crippen LogP contribution in [0.25, 0.3) is 0 Å². The van der Waals surface area contributed by atoms with Gasteiger partial charge in [-0.2, -0.15) is 0 Å². The van der Waals surface area contributed by atoms with Gasteiger partial charge in [0.05, 0.1) is 13.1 Å². The summed E-state index contributed by atoms with van der Waals surface area (Å²) in [4.78, 5) is 16.4. The van der Waals surface area contributed by atoms with Crippen LogP contribution in [0.3, 0.4) is 0 Å². The maximum Gasteiger partial charge on any atom is 0.221 e. The predicted octanol–water partition coefficient (Wildman–Crippen LogP) is 7.93. The summed E-state index contributed by atoms with van der Waals surface area (Å²) in [5.41, 5.74) is 0. The lowest BCUT2D eigenvalue weighted by Crippen LogP contribution is -2.62. The molecule has 0 aromatic rings. The Morgan fingerprint density at radius 2 is 1.39 bits per heavy atom. The van der Waals surface area contributed by atoms with E-state index < -0.39 is 0 Å². The van der Waals surface area contributed by atoms with Crippen molar-refractivity contribution in [3.8, 4) is 0 Å². The molecule has 0 aliphatic carbocycles. The molecule has 0 fully saturated rings. The highest BCUT2D eigenvalue weighted by atomic mass is 16.1. The Labute approximate surface area is 206 Å². The zero-order valence-corrected chi connectivity index (χ0v) is 22.7. The number of carbonyl (C=O) groups is 1. The summed E-state index contributed by atoms with van der Waals surface area (Å²) in [5.74, 6) is 1.37. The SMILES string of the molecule is CCCC/C=C/CCCCCCCCCCCCCCC1=NCC[N+]1(CC)C(C)NC(C)=O. The maximum absolute atomic E-state index is 11.5. The van der Waals surface area contributed by atoms with Crippen molar-refractivity contribution in [3.63, 3.8) is 0 Å². The lowest BCUT2D eigenvalue weighted by Gasteiger charge is -2.39. The molecule has 1 aliphatic rings. The fourth-order valence-corrected chi connectivity index (χ4v) is 5.25. The van der Waals surface area contributed by atoms with Crippen LogP contribution in [0.4, 0.5) is 0 Å². The number of hydrogen-bond donors (Lipinski definition) is 1. The second-order valence-electron chi connectivity index (χ2n) is 10.1. The molecule has 0 radical (unpaired) electrons. The number of nitrogens with zero attached hydrogens (tertiary/aromatic N) is 2. The van der Waals surface area contributed by atoms with Gasteiger partial charge in [-0.1, -0.05) is 96.1 Å². The van der Waals surface area contributed by atoms with Gasteiger partial charge in [-0.15, -0.1) is 0 Å². The van der Waals surface area contributed by atoms with Crippen molar-refractivity contribution < 1.29 is 9.28 Å². The molecule has 1 amide bonds. The van der Waals surface area contributed by atoms with E-state index in [0.717, 1.165) is 30.5 Å². The van der Waals surface area contributed by atoms with E-state index >= 15 is 0 Å². The van der Waals surface area contributed by atoms with Crippen LogP contribution in [0.1, 0.15) is 137 Å². The van der Waals surface area contributed by atoms with Gasteiger partial charge < -0.3 is 5.32 Å². The number of carbonyl (C=O) groups excluding carboxylic acids is 1. The van der Waals surface area contributed by atoms with E-state index in [0.29, 0.717) is 0 Å². The van der Waals surface area contributed by atoms with Crippen molar-refractivity contribution in [3.05, 3.63) is 12.2 Å². The van der Waals surface area contributed by atoms with Crippen LogP contribution in [-0.2, 0) is 4.79 Å². The first kappa shape index (κ1) is 29.9. The minimum absolute atomic E-state index is 0.0605. The van der Waals surface area contributed by atoms with Gasteiger partial charge in [-0.05, 0) is 32.6 Å². The third kappa shape index (κ3) is 12.8. The number of allylic oxidation sites excluding steroid dienone is 2. The number of likely N-dealkylation sites (N-methyl/N-ethyl adjacent to an activating group) is 1. The number of nitrogens with one attached hydrogen (secondary N) is 1. The Bertz CT molecular complexity index is 557. The third-order valence-electron chi connectivity index (χ3n) is 7.44. The van der Waals surface area contributed by atoms with Gasteiger partial charge >= 0.3 is 0 Å². The highest BCUT2D eigenvalue weighted by molar-refractivity contribution is 5.78. The van der Waals surface area contributed by atoms with Gasteiger partial charge in [0.15, 0.2) is 12.0 Å². The van der Waals surface area contributed by atoms with Gasteiger partial charge in [0.2, 0.25) is 5.91 Å². The van der Waals surface area contributed by atoms with Gasteiger partial charge in [-0.3, -0.25) is 9.28 Å². The molecule has 1 aliphatic heterocycles. The van der Waals surface area contributed by atoms with Crippen molar-refractivity contribution in [2.24, 2.45) is 4.99 Å². The predicted molar refractivity (Wildman–Crippen MR) is 145 cm³/mol. The van der Waals surface area contributed by atoms with Gasteiger partial charge in [0.1, 0.15) is 6.54 Å². The van der Waals surface area contributed by atoms with E-state index in [1.807, 2.05) is 0 Å². The first-order chi connectivity index (χ1) is 16.1. The number of aliphatic imine (C=N–C) groups is 1. The lowest BCUT2D eigenvalue weighted by molar-refractivity contribution is -0.861. The molecule has 1 heterocycles. The van der Waals surface area contributed by atoms with E-state index in [2.05, 4.69) is 38.2 Å². The molecule has 0 saturated heterocycles. The van der Waals surface area contributed by atoms with E-state index in [4.69, 9.17) is 4.99 Å². The summed E-state index contributed by atoms with van der Waals surface area (Å²) in [6, 6.07) is 0. The summed E-state index contributed by atoms with van der Waals surface area (Å²) in [7, 11) is 0. The van der Waals surface area contributed by atoms with E-state index in [-0.39, 0.29) is 12.1 Å². The fourth-order valence-electron chi connectivity index (χ4n) is 5.25. The van der Waals surface area contributed by atoms with Crippen molar-refractivity contribution in [1.29, 1.82) is 0 Å². The lowest BCUT2D eigenvalue weighted by atomic mass is 10.0. The van der Waals surface area contributed by atoms with Gasteiger partial charge in [0, 0.05) is 20.3 Å². The molecule has 0 aromatic heterocycles. The number of amidine groups is 1. The van der Waals surface area contributed by atoms with Crippen LogP contribution in [0.15, 0.2) is 17.1 Å². The van der Waals surface area contributed by atoms with E-state index in [1.165, 1.54) is 109 Å². The maximum atomic E-state index is 11.5. The van der Waals surface area contributed by atoms with Crippen LogP contribution < -0.4 is 5.32 Å². The summed E-state index contributed by atoms with van der Waals surface area (Å²) >= 11 is 0. The third-order valence-corrected chi connectivity index (χ3v) is 7.44. The minimum Gasteiger partial charge on any atom is -0.307 e. The molecule has 33 heavy (non-hydrogen) atoms. The molecule has 0 spiro atoms. The molecular weight excluding hydrogens is 406 g/mol. The van der Waals surface area contributed by atoms with Crippen molar-refractivity contribution in [1.82, 2.24) is 5.32 Å². The smallest absolute Gasteiger partial charge is 0.221 e. The zero-order chi connectivity index (χ0) is 24.2. The van der Waals surface area contributed by atoms with Crippen LogP contribution in [-0.4, -0.2) is 42.0 Å². The Hall–Kier alpha value is -1.16. The van der Waals surface area contributed by atoms with Crippen LogP contribution in [0.5, 0.6) is 0 Å².